The van der Waals surface area contributed by atoms with E-state index < -0.39 is 4.92 Å². The molecule has 0 aliphatic heterocycles. The monoisotopic (exact) mass is 238 g/mol. The molecule has 0 aliphatic rings. The number of non-ortho nitro benzene ring substituents is 1. The van der Waals surface area contributed by atoms with Gasteiger partial charge in [0.15, 0.2) is 0 Å². The van der Waals surface area contributed by atoms with E-state index in [0.29, 0.717) is 13.2 Å². The van der Waals surface area contributed by atoms with Crippen LogP contribution in [0.2, 0.25) is 0 Å². The lowest BCUT2D eigenvalue weighted by Crippen LogP contribution is -2.33. The van der Waals surface area contributed by atoms with Crippen molar-refractivity contribution in [3.63, 3.8) is 0 Å². The lowest BCUT2D eigenvalue weighted by Gasteiger charge is -2.25. The van der Waals surface area contributed by atoms with Crippen molar-refractivity contribution in [2.75, 3.05) is 18.5 Å². The predicted molar refractivity (Wildman–Crippen MR) is 67.3 cm³/mol. The smallest absolute Gasteiger partial charge is 0.271 e. The van der Waals surface area contributed by atoms with Crippen molar-refractivity contribution in [2.45, 2.75) is 26.4 Å². The highest BCUT2D eigenvalue weighted by Gasteiger charge is 2.17. The first-order chi connectivity index (χ1) is 7.94. The molecule has 0 aliphatic carbocycles. The maximum Gasteiger partial charge on any atom is 0.271 e. The van der Waals surface area contributed by atoms with Crippen LogP contribution in [0.25, 0.3) is 0 Å². The van der Waals surface area contributed by atoms with Crippen LogP contribution in [-0.2, 0) is 4.74 Å². The second-order valence-electron chi connectivity index (χ2n) is 4.35. The van der Waals surface area contributed by atoms with Crippen molar-refractivity contribution >= 4 is 11.4 Å². The van der Waals surface area contributed by atoms with Crippen LogP contribution in [0.5, 0.6) is 0 Å². The van der Waals surface area contributed by atoms with Gasteiger partial charge < -0.3 is 10.1 Å². The van der Waals surface area contributed by atoms with E-state index >= 15 is 0 Å². The Hall–Kier alpha value is -1.62. The molecular formula is C12H18N2O3. The molecule has 1 aromatic carbocycles. The average Bonchev–Trinajstić information content (AvgIpc) is 2.27. The number of hydrogen-bond donors (Lipinski definition) is 1. The number of anilines is 1. The summed E-state index contributed by atoms with van der Waals surface area (Å²) in [7, 11) is 0. The third-order valence-corrected chi connectivity index (χ3v) is 2.31. The molecule has 1 rings (SSSR count). The predicted octanol–water partition coefficient (Wildman–Crippen LogP) is 2.82. The molecule has 94 valence electrons. The zero-order chi connectivity index (χ0) is 12.9. The molecule has 1 N–H and O–H groups in total. The lowest BCUT2D eigenvalue weighted by molar-refractivity contribution is -0.384. The molecule has 0 bridgehead atoms. The number of nitro benzene ring substituents is 1. The number of rotatable bonds is 6. The van der Waals surface area contributed by atoms with Crippen molar-refractivity contribution in [2.24, 2.45) is 0 Å². The quantitative estimate of drug-likeness (QED) is 0.611. The molecule has 17 heavy (non-hydrogen) atoms. The first-order valence-corrected chi connectivity index (χ1v) is 5.57. The summed E-state index contributed by atoms with van der Waals surface area (Å²) >= 11 is 0. The zero-order valence-corrected chi connectivity index (χ0v) is 10.4. The summed E-state index contributed by atoms with van der Waals surface area (Å²) in [5.74, 6) is 0. The number of benzene rings is 1. The van der Waals surface area contributed by atoms with Crippen molar-refractivity contribution in [1.29, 1.82) is 0 Å². The van der Waals surface area contributed by atoms with Gasteiger partial charge >= 0.3 is 0 Å². The third-order valence-electron chi connectivity index (χ3n) is 2.31. The minimum Gasteiger partial charge on any atom is -0.382 e. The number of nitrogens with zero attached hydrogens (tertiary/aromatic N) is 1. The molecule has 1 aromatic rings. The Balaban J connectivity index is 2.63. The molecule has 0 fully saturated rings. The Labute approximate surface area is 101 Å². The minimum absolute atomic E-state index is 0.0872. The minimum atomic E-state index is -0.404. The second-order valence-corrected chi connectivity index (χ2v) is 4.35. The van der Waals surface area contributed by atoms with Gasteiger partial charge in [0.2, 0.25) is 0 Å². The van der Waals surface area contributed by atoms with Gasteiger partial charge in [-0.25, -0.2) is 0 Å². The Morgan fingerprint density at radius 3 is 2.76 bits per heavy atom. The van der Waals surface area contributed by atoms with Gasteiger partial charge in [0.25, 0.3) is 5.69 Å². The Morgan fingerprint density at radius 1 is 1.47 bits per heavy atom. The fraction of sp³-hybridized carbons (Fsp3) is 0.500. The summed E-state index contributed by atoms with van der Waals surface area (Å²) < 4.78 is 5.53. The first-order valence-electron chi connectivity index (χ1n) is 5.57. The lowest BCUT2D eigenvalue weighted by atomic mass is 10.1. The van der Waals surface area contributed by atoms with Crippen LogP contribution < -0.4 is 5.32 Å². The molecule has 0 saturated heterocycles. The summed E-state index contributed by atoms with van der Waals surface area (Å²) in [4.78, 5) is 10.2. The van der Waals surface area contributed by atoms with E-state index in [0.717, 1.165) is 5.69 Å². The van der Waals surface area contributed by atoms with E-state index in [9.17, 15) is 10.1 Å². The fourth-order valence-electron chi connectivity index (χ4n) is 1.49. The maximum absolute atomic E-state index is 10.6. The van der Waals surface area contributed by atoms with Gasteiger partial charge in [0.1, 0.15) is 0 Å². The van der Waals surface area contributed by atoms with Crippen LogP contribution >= 0.6 is 0 Å². The van der Waals surface area contributed by atoms with Crippen LogP contribution in [0.3, 0.4) is 0 Å². The van der Waals surface area contributed by atoms with E-state index in [4.69, 9.17) is 4.74 Å². The number of nitrogens with one attached hydrogen (secondary N) is 1. The fourth-order valence-corrected chi connectivity index (χ4v) is 1.49. The molecule has 0 spiro atoms. The maximum atomic E-state index is 10.6. The molecule has 0 atom stereocenters. The van der Waals surface area contributed by atoms with Gasteiger partial charge in [-0.15, -0.1) is 0 Å². The molecule has 0 saturated carbocycles. The highest BCUT2D eigenvalue weighted by Crippen LogP contribution is 2.18. The van der Waals surface area contributed by atoms with Crippen LogP contribution in [0, 0.1) is 10.1 Å². The topological polar surface area (TPSA) is 64.4 Å². The van der Waals surface area contributed by atoms with Gasteiger partial charge in [0.05, 0.1) is 10.5 Å². The van der Waals surface area contributed by atoms with Crippen LogP contribution in [0.15, 0.2) is 24.3 Å². The van der Waals surface area contributed by atoms with Gasteiger partial charge in [-0.1, -0.05) is 6.07 Å². The summed E-state index contributed by atoms with van der Waals surface area (Å²) in [6, 6.07) is 6.45. The molecule has 0 unspecified atom stereocenters. The van der Waals surface area contributed by atoms with Gasteiger partial charge in [-0.05, 0) is 26.8 Å². The van der Waals surface area contributed by atoms with Gasteiger partial charge in [0, 0.05) is 31.0 Å². The molecule has 5 heteroatoms. The summed E-state index contributed by atoms with van der Waals surface area (Å²) in [5.41, 5.74) is 0.524. The van der Waals surface area contributed by atoms with E-state index in [1.165, 1.54) is 12.1 Å². The highest BCUT2D eigenvalue weighted by atomic mass is 16.6. The molecular weight excluding hydrogens is 220 g/mol. The number of hydrogen-bond acceptors (Lipinski definition) is 4. The number of nitro groups is 1. The Morgan fingerprint density at radius 2 is 2.18 bits per heavy atom. The van der Waals surface area contributed by atoms with Gasteiger partial charge in [-0.3, -0.25) is 10.1 Å². The van der Waals surface area contributed by atoms with E-state index in [1.54, 1.807) is 12.1 Å². The zero-order valence-electron chi connectivity index (χ0n) is 10.4. The molecule has 0 amide bonds. The van der Waals surface area contributed by atoms with Crippen LogP contribution in [0.1, 0.15) is 20.8 Å². The molecule has 5 nitrogen and oxygen atoms in total. The average molecular weight is 238 g/mol. The van der Waals surface area contributed by atoms with Gasteiger partial charge in [-0.2, -0.15) is 0 Å². The molecule has 0 aromatic heterocycles. The van der Waals surface area contributed by atoms with E-state index in [1.807, 2.05) is 20.8 Å². The first kappa shape index (κ1) is 13.4. The van der Waals surface area contributed by atoms with Crippen molar-refractivity contribution in [1.82, 2.24) is 0 Å². The third kappa shape index (κ3) is 4.40. The summed E-state index contributed by atoms with van der Waals surface area (Å²) in [6.07, 6.45) is 0. The van der Waals surface area contributed by atoms with Crippen molar-refractivity contribution < 1.29 is 9.66 Å². The number of ether oxygens (including phenoxy) is 1. The highest BCUT2D eigenvalue weighted by molar-refractivity contribution is 5.51. The summed E-state index contributed by atoms with van der Waals surface area (Å²) in [5, 5.41) is 13.7. The normalized spacial score (nSPS) is 11.2. The van der Waals surface area contributed by atoms with E-state index in [-0.39, 0.29) is 11.3 Å². The van der Waals surface area contributed by atoms with Crippen molar-refractivity contribution in [3.05, 3.63) is 34.4 Å². The largest absolute Gasteiger partial charge is 0.382 e. The molecule has 0 radical (unpaired) electrons. The van der Waals surface area contributed by atoms with Crippen LogP contribution in [-0.4, -0.2) is 23.7 Å². The summed E-state index contributed by atoms with van der Waals surface area (Å²) in [6.45, 7) is 7.13. The van der Waals surface area contributed by atoms with Crippen LogP contribution in [0.4, 0.5) is 11.4 Å². The standard InChI is InChI=1S/C12H18N2O3/c1-4-17-12(2,3)9-13-10-6-5-7-11(8-10)14(15)16/h5-8,13H,4,9H2,1-3H3. The SMILES string of the molecule is CCOC(C)(C)CNc1cccc([N+](=O)[O-])c1. The second kappa shape index (κ2) is 5.63. The Bertz CT molecular complexity index is 391. The Kier molecular flexibility index (Phi) is 4.45. The van der Waals surface area contributed by atoms with E-state index in [2.05, 4.69) is 5.32 Å². The van der Waals surface area contributed by atoms with Crippen molar-refractivity contribution in [3.8, 4) is 0 Å². The molecule has 0 heterocycles.